The minimum Gasteiger partial charge on any atom is -0.365 e. The number of rotatable bonds is 2. The van der Waals surface area contributed by atoms with E-state index in [1.165, 1.54) is 54.3 Å². The van der Waals surface area contributed by atoms with Gasteiger partial charge in [0.15, 0.2) is 0 Å². The van der Waals surface area contributed by atoms with Crippen LogP contribution in [0.5, 0.6) is 0 Å². The van der Waals surface area contributed by atoms with Crippen LogP contribution in [0, 0.1) is 6.92 Å². The van der Waals surface area contributed by atoms with Gasteiger partial charge in [-0.05, 0) is 74.5 Å². The van der Waals surface area contributed by atoms with Gasteiger partial charge in [-0.1, -0.05) is 36.4 Å². The van der Waals surface area contributed by atoms with Crippen molar-refractivity contribution in [1.82, 2.24) is 9.97 Å². The molecule has 6 aromatic rings. The van der Waals surface area contributed by atoms with Gasteiger partial charge in [0.05, 0.1) is 0 Å². The molecular formula is C25H18N2. The largest absolute Gasteiger partial charge is 0.365 e. The Kier molecular flexibility index (Phi) is 2.90. The van der Waals surface area contributed by atoms with Crippen molar-refractivity contribution in [3.05, 3.63) is 90.0 Å². The van der Waals surface area contributed by atoms with Crippen molar-refractivity contribution < 1.29 is 0 Å². The van der Waals surface area contributed by atoms with E-state index in [4.69, 9.17) is 0 Å². The molecule has 0 saturated carbocycles. The van der Waals surface area contributed by atoms with E-state index >= 15 is 0 Å². The number of nitrogens with one attached hydrogen (secondary N) is 1. The highest BCUT2D eigenvalue weighted by Crippen LogP contribution is 2.39. The van der Waals surface area contributed by atoms with Crippen molar-refractivity contribution in [2.24, 2.45) is 0 Å². The van der Waals surface area contributed by atoms with Crippen molar-refractivity contribution in [2.45, 2.75) is 13.3 Å². The maximum atomic E-state index is 4.54. The molecule has 0 radical (unpaired) electrons. The Morgan fingerprint density at radius 1 is 0.778 bits per heavy atom. The fourth-order valence-electron chi connectivity index (χ4n) is 4.61. The molecule has 0 fully saturated rings. The first-order valence-corrected chi connectivity index (χ1v) is 9.36. The second kappa shape index (κ2) is 5.31. The quantitative estimate of drug-likeness (QED) is 0.287. The normalized spacial score (nSPS) is 12.0. The van der Waals surface area contributed by atoms with Crippen LogP contribution in [0.1, 0.15) is 17.0 Å². The monoisotopic (exact) mass is 346 g/mol. The maximum absolute atomic E-state index is 4.54. The van der Waals surface area contributed by atoms with Gasteiger partial charge in [0.2, 0.25) is 0 Å². The van der Waals surface area contributed by atoms with Crippen LogP contribution >= 0.6 is 0 Å². The first-order chi connectivity index (χ1) is 13.3. The lowest BCUT2D eigenvalue weighted by Gasteiger charge is -2.15. The molecule has 0 aliphatic carbocycles. The molecule has 2 heteroatoms. The van der Waals surface area contributed by atoms with E-state index in [0.29, 0.717) is 0 Å². The van der Waals surface area contributed by atoms with Gasteiger partial charge in [-0.2, -0.15) is 0 Å². The van der Waals surface area contributed by atoms with Gasteiger partial charge in [-0.3, -0.25) is 4.98 Å². The Labute approximate surface area is 156 Å². The Morgan fingerprint density at radius 3 is 2.30 bits per heavy atom. The van der Waals surface area contributed by atoms with E-state index in [2.05, 4.69) is 77.6 Å². The van der Waals surface area contributed by atoms with Gasteiger partial charge in [-0.25, -0.2) is 0 Å². The molecule has 4 aromatic carbocycles. The van der Waals surface area contributed by atoms with Crippen LogP contribution in [0.3, 0.4) is 0 Å². The molecule has 128 valence electrons. The highest BCUT2D eigenvalue weighted by molar-refractivity contribution is 6.29. The predicted octanol–water partition coefficient (Wildman–Crippen LogP) is 6.36. The molecule has 0 atom stereocenters. The summed E-state index contributed by atoms with van der Waals surface area (Å²) in [6.45, 7) is 2.10. The standard InChI is InChI=1S/C25H18N2/c1-15-23-20(8-10-26-15)14-19-5-4-17-11-16(13-21-3-2-9-27-21)12-18-6-7-22(23)25(19)24(17)18/h2-12,14,27H,13H2,1H3. The second-order valence-electron chi connectivity index (χ2n) is 7.44. The number of fused-ring (bicyclic) bond motifs is 2. The molecule has 0 amide bonds. The molecule has 2 heterocycles. The van der Waals surface area contributed by atoms with E-state index in [9.17, 15) is 0 Å². The van der Waals surface area contributed by atoms with Crippen molar-refractivity contribution in [3.8, 4) is 0 Å². The van der Waals surface area contributed by atoms with E-state index in [1.54, 1.807) is 0 Å². The molecule has 1 N–H and O–H groups in total. The maximum Gasteiger partial charge on any atom is 0.0457 e. The Morgan fingerprint density at radius 2 is 1.52 bits per heavy atom. The molecular weight excluding hydrogens is 328 g/mol. The number of nitrogens with zero attached hydrogens (tertiary/aromatic N) is 1. The third-order valence-electron chi connectivity index (χ3n) is 5.75. The zero-order valence-electron chi connectivity index (χ0n) is 15.1. The average molecular weight is 346 g/mol. The third-order valence-corrected chi connectivity index (χ3v) is 5.75. The molecule has 0 spiro atoms. The summed E-state index contributed by atoms with van der Waals surface area (Å²) in [4.78, 5) is 7.86. The van der Waals surface area contributed by atoms with Gasteiger partial charge in [0, 0.05) is 35.6 Å². The molecule has 0 aliphatic heterocycles. The summed E-state index contributed by atoms with van der Waals surface area (Å²) in [5.41, 5.74) is 3.68. The Bertz CT molecular complexity index is 1420. The molecule has 2 nitrogen and oxygen atoms in total. The van der Waals surface area contributed by atoms with E-state index in [1.807, 2.05) is 12.4 Å². The fourth-order valence-corrected chi connectivity index (χ4v) is 4.61. The highest BCUT2D eigenvalue weighted by atomic mass is 14.7. The fraction of sp³-hybridized carbons (Fsp3) is 0.0800. The minimum absolute atomic E-state index is 0.926. The first-order valence-electron chi connectivity index (χ1n) is 9.36. The summed E-state index contributed by atoms with van der Waals surface area (Å²) in [5.74, 6) is 0. The van der Waals surface area contributed by atoms with Crippen molar-refractivity contribution >= 4 is 43.1 Å². The molecule has 0 aliphatic rings. The summed E-state index contributed by atoms with van der Waals surface area (Å²) < 4.78 is 0. The summed E-state index contributed by atoms with van der Waals surface area (Å²) in [7, 11) is 0. The van der Waals surface area contributed by atoms with Crippen LogP contribution in [0.4, 0.5) is 0 Å². The number of aromatic nitrogens is 2. The number of aromatic amines is 1. The number of hydrogen-bond acceptors (Lipinski definition) is 1. The van der Waals surface area contributed by atoms with Crippen LogP contribution in [0.15, 0.2) is 73.1 Å². The SMILES string of the molecule is Cc1nccc2cc3ccc4cc(Cc5ccc[nH]5)cc5ccc(c12)c3c45. The number of hydrogen-bond donors (Lipinski definition) is 1. The molecule has 6 rings (SSSR count). The molecule has 0 saturated heterocycles. The van der Waals surface area contributed by atoms with Crippen molar-refractivity contribution in [1.29, 1.82) is 0 Å². The summed E-state index contributed by atoms with van der Waals surface area (Å²) in [5, 5.41) is 10.5. The van der Waals surface area contributed by atoms with Crippen LogP contribution in [0.2, 0.25) is 0 Å². The van der Waals surface area contributed by atoms with Gasteiger partial charge in [0.1, 0.15) is 0 Å². The average Bonchev–Trinajstić information content (AvgIpc) is 3.18. The summed E-state index contributed by atoms with van der Waals surface area (Å²) in [6.07, 6.45) is 4.82. The molecule has 0 unspecified atom stereocenters. The summed E-state index contributed by atoms with van der Waals surface area (Å²) in [6, 6.07) is 22.4. The van der Waals surface area contributed by atoms with E-state index < -0.39 is 0 Å². The lowest BCUT2D eigenvalue weighted by molar-refractivity contribution is 1.11. The lowest BCUT2D eigenvalue weighted by atomic mass is 9.89. The van der Waals surface area contributed by atoms with Crippen LogP contribution in [-0.4, -0.2) is 9.97 Å². The first kappa shape index (κ1) is 14.7. The van der Waals surface area contributed by atoms with E-state index in [-0.39, 0.29) is 0 Å². The predicted molar refractivity (Wildman–Crippen MR) is 114 cm³/mol. The smallest absolute Gasteiger partial charge is 0.0457 e. The summed E-state index contributed by atoms with van der Waals surface area (Å²) >= 11 is 0. The van der Waals surface area contributed by atoms with Gasteiger partial charge in [0.25, 0.3) is 0 Å². The highest BCUT2D eigenvalue weighted by Gasteiger charge is 2.13. The van der Waals surface area contributed by atoms with Crippen molar-refractivity contribution in [3.63, 3.8) is 0 Å². The van der Waals surface area contributed by atoms with Gasteiger partial charge < -0.3 is 4.98 Å². The number of pyridine rings is 1. The molecule has 0 bridgehead atoms. The van der Waals surface area contributed by atoms with Crippen LogP contribution in [0.25, 0.3) is 43.1 Å². The zero-order chi connectivity index (χ0) is 18.0. The number of aryl methyl sites for hydroxylation is 1. The Balaban J connectivity index is 1.72. The second-order valence-corrected chi connectivity index (χ2v) is 7.44. The van der Waals surface area contributed by atoms with Crippen molar-refractivity contribution in [2.75, 3.05) is 0 Å². The number of benzene rings is 4. The zero-order valence-corrected chi connectivity index (χ0v) is 15.1. The topological polar surface area (TPSA) is 28.7 Å². The Hall–Kier alpha value is -3.39. The van der Waals surface area contributed by atoms with Gasteiger partial charge >= 0.3 is 0 Å². The molecule has 27 heavy (non-hydrogen) atoms. The van der Waals surface area contributed by atoms with Gasteiger partial charge in [-0.15, -0.1) is 0 Å². The van der Waals surface area contributed by atoms with E-state index in [0.717, 1.165) is 12.1 Å². The molecule has 2 aromatic heterocycles. The van der Waals surface area contributed by atoms with Crippen LogP contribution < -0.4 is 0 Å². The van der Waals surface area contributed by atoms with Crippen LogP contribution in [-0.2, 0) is 6.42 Å². The minimum atomic E-state index is 0.926. The third kappa shape index (κ3) is 2.10. The number of H-pyrrole nitrogens is 1. The lowest BCUT2D eigenvalue weighted by Crippen LogP contribution is -1.92.